The summed E-state index contributed by atoms with van der Waals surface area (Å²) in [5, 5.41) is 27.2. The molecule has 3 heterocycles. The van der Waals surface area contributed by atoms with Crippen molar-refractivity contribution >= 4 is 29.7 Å². The zero-order chi connectivity index (χ0) is 21.8. The average Bonchev–Trinajstić information content (AvgIpc) is 3.47. The van der Waals surface area contributed by atoms with Crippen molar-refractivity contribution < 1.29 is 13.8 Å². The van der Waals surface area contributed by atoms with E-state index in [1.54, 1.807) is 30.1 Å². The minimum atomic E-state index is -0.664. The lowest BCUT2D eigenvalue weighted by Crippen LogP contribution is -2.20. The minimum absolute atomic E-state index is 0.0284. The van der Waals surface area contributed by atoms with Gasteiger partial charge in [0.25, 0.3) is 5.91 Å². The van der Waals surface area contributed by atoms with Crippen LogP contribution in [0.15, 0.2) is 45.5 Å². The van der Waals surface area contributed by atoms with Crippen LogP contribution in [-0.4, -0.2) is 52.2 Å². The first-order valence-corrected chi connectivity index (χ1v) is 9.61. The van der Waals surface area contributed by atoms with E-state index in [4.69, 9.17) is 5.73 Å². The number of halogens is 1. The predicted molar refractivity (Wildman–Crippen MR) is 106 cm³/mol. The fourth-order valence-corrected chi connectivity index (χ4v) is 3.33. The highest BCUT2D eigenvalue weighted by atomic mass is 32.2. The van der Waals surface area contributed by atoms with Crippen LogP contribution in [-0.2, 0) is 12.8 Å². The molecule has 13 nitrogen and oxygen atoms in total. The summed E-state index contributed by atoms with van der Waals surface area (Å²) in [7, 11) is 1.78. The fraction of sp³-hybridized carbons (Fsp3) is 0.125. The monoisotopic (exact) mass is 443 g/mol. The van der Waals surface area contributed by atoms with E-state index in [9.17, 15) is 9.18 Å². The zero-order valence-electron chi connectivity index (χ0n) is 15.9. The smallest absolute Gasteiger partial charge is 0.293 e. The lowest BCUT2D eigenvalue weighted by molar-refractivity contribution is 0.0949. The van der Waals surface area contributed by atoms with E-state index < -0.39 is 11.7 Å². The van der Waals surface area contributed by atoms with Crippen molar-refractivity contribution in [1.82, 2.24) is 45.5 Å². The van der Waals surface area contributed by atoms with Gasteiger partial charge in [-0.2, -0.15) is 9.78 Å². The lowest BCUT2D eigenvalue weighted by Gasteiger charge is -2.05. The Kier molecular flexibility index (Phi) is 5.65. The Bertz CT molecular complexity index is 1250. The van der Waals surface area contributed by atoms with Crippen molar-refractivity contribution in [3.05, 3.63) is 53.4 Å². The number of nitrogens with two attached hydrogens (primary N) is 1. The molecule has 0 bridgehead atoms. The Labute approximate surface area is 177 Å². The third kappa shape index (κ3) is 4.25. The van der Waals surface area contributed by atoms with Crippen molar-refractivity contribution in [2.45, 2.75) is 10.9 Å². The van der Waals surface area contributed by atoms with Gasteiger partial charge in [0.05, 0.1) is 11.9 Å². The normalized spacial score (nSPS) is 11.3. The van der Waals surface area contributed by atoms with E-state index in [0.717, 1.165) is 0 Å². The number of rotatable bonds is 7. The number of benzene rings is 1. The maximum Gasteiger partial charge on any atom is 0.293 e. The van der Waals surface area contributed by atoms with E-state index in [-0.39, 0.29) is 28.6 Å². The van der Waals surface area contributed by atoms with Gasteiger partial charge >= 0.3 is 0 Å². The summed E-state index contributed by atoms with van der Waals surface area (Å²) in [5.74, 6) is -0.871. The second-order valence-electron chi connectivity index (χ2n) is 6.00. The molecule has 0 saturated carbocycles. The molecule has 0 aliphatic heterocycles. The number of carbonyl (C=O) groups excluding carboxylic acids is 1. The second-order valence-corrected chi connectivity index (χ2v) is 6.95. The van der Waals surface area contributed by atoms with Gasteiger partial charge in [-0.3, -0.25) is 4.79 Å². The van der Waals surface area contributed by atoms with Crippen molar-refractivity contribution in [1.29, 1.82) is 0 Å². The van der Waals surface area contributed by atoms with Gasteiger partial charge in [0.1, 0.15) is 12.1 Å². The summed E-state index contributed by atoms with van der Waals surface area (Å²) in [6.45, 7) is 0. The molecule has 0 unspecified atom stereocenters. The molecule has 1 amide bonds. The molecule has 0 aliphatic carbocycles. The highest BCUT2D eigenvalue weighted by Crippen LogP contribution is 2.24. The number of nitrogen functional groups attached to an aromatic ring is 1. The fourth-order valence-electron chi connectivity index (χ4n) is 2.44. The molecule has 0 spiro atoms. The third-order valence-electron chi connectivity index (χ3n) is 3.96. The lowest BCUT2D eigenvalue weighted by atomic mass is 10.2. The van der Waals surface area contributed by atoms with Crippen LogP contribution in [0.3, 0.4) is 0 Å². The van der Waals surface area contributed by atoms with Gasteiger partial charge < -0.3 is 10.3 Å². The molecule has 15 heteroatoms. The van der Waals surface area contributed by atoms with E-state index in [0.29, 0.717) is 10.9 Å². The molecule has 0 fully saturated rings. The van der Waals surface area contributed by atoms with Crippen molar-refractivity contribution in [3.63, 3.8) is 0 Å². The van der Waals surface area contributed by atoms with E-state index in [1.165, 1.54) is 34.8 Å². The van der Waals surface area contributed by atoms with Crippen LogP contribution in [0.4, 0.5) is 10.2 Å². The first-order chi connectivity index (χ1) is 15.0. The molecular formula is C16H14FN11O2S. The number of carbonyl (C=O) groups is 1. The summed E-state index contributed by atoms with van der Waals surface area (Å²) in [4.78, 5) is 12.7. The van der Waals surface area contributed by atoms with Crippen LogP contribution in [0.2, 0.25) is 0 Å². The topological polar surface area (TPSA) is 168 Å². The predicted octanol–water partition coefficient (Wildman–Crippen LogP) is 0.556. The van der Waals surface area contributed by atoms with Crippen LogP contribution in [0.5, 0.6) is 0 Å². The van der Waals surface area contributed by atoms with Gasteiger partial charge in [0, 0.05) is 18.4 Å². The largest absolute Gasteiger partial charge is 0.378 e. The number of aromatic nitrogens is 8. The maximum atomic E-state index is 13.7. The number of hydrogen-bond donors (Lipinski definition) is 2. The van der Waals surface area contributed by atoms with Crippen molar-refractivity contribution in [2.24, 2.45) is 12.1 Å². The van der Waals surface area contributed by atoms with Crippen molar-refractivity contribution in [3.8, 4) is 5.82 Å². The molecule has 4 rings (SSSR count). The highest BCUT2D eigenvalue weighted by Gasteiger charge is 2.24. The molecule has 0 aliphatic rings. The van der Waals surface area contributed by atoms with Gasteiger partial charge in [-0.05, 0) is 16.4 Å². The van der Waals surface area contributed by atoms with E-state index in [1.807, 2.05) is 0 Å². The van der Waals surface area contributed by atoms with Crippen LogP contribution in [0.25, 0.3) is 5.82 Å². The number of anilines is 1. The molecule has 4 aromatic rings. The molecule has 0 atom stereocenters. The van der Waals surface area contributed by atoms with Gasteiger partial charge in [0.15, 0.2) is 10.9 Å². The average molecular weight is 443 g/mol. The van der Waals surface area contributed by atoms with Gasteiger partial charge in [-0.15, -0.1) is 15.3 Å². The number of hydrazone groups is 1. The van der Waals surface area contributed by atoms with E-state index >= 15 is 0 Å². The van der Waals surface area contributed by atoms with E-state index in [2.05, 4.69) is 46.0 Å². The number of aryl methyl sites for hydroxylation is 1. The number of thioether (sulfide) groups is 1. The Morgan fingerprint density at radius 3 is 2.90 bits per heavy atom. The summed E-state index contributed by atoms with van der Waals surface area (Å²) in [5.41, 5.74) is 8.58. The van der Waals surface area contributed by atoms with Gasteiger partial charge in [0.2, 0.25) is 11.6 Å². The summed E-state index contributed by atoms with van der Waals surface area (Å²) in [6, 6.07) is 6.00. The quantitative estimate of drug-likeness (QED) is 0.234. The molecule has 0 saturated heterocycles. The number of nitrogens with one attached hydrogen (secondary N) is 1. The number of amides is 1. The molecule has 3 aromatic heterocycles. The second kappa shape index (κ2) is 8.70. The Balaban J connectivity index is 1.59. The van der Waals surface area contributed by atoms with Crippen LogP contribution in [0, 0.1) is 5.82 Å². The standard InChI is InChI=1S/C16H14FN11O2S/c1-27-8-20-23-16(27)31-7-11-12(21-26-28(11)14-13(18)24-30-25-14)15(29)22-19-6-9-4-2-3-5-10(9)17/h2-6,8H,7H2,1H3,(H2,18,24)(H,22,29)/b19-6+. The summed E-state index contributed by atoms with van der Waals surface area (Å²) in [6.07, 6.45) is 2.73. The number of hydrogen-bond acceptors (Lipinski definition) is 11. The van der Waals surface area contributed by atoms with Gasteiger partial charge in [-0.25, -0.2) is 14.4 Å². The molecular weight excluding hydrogens is 429 g/mol. The Morgan fingerprint density at radius 2 is 2.19 bits per heavy atom. The first kappa shape index (κ1) is 20.1. The van der Waals surface area contributed by atoms with Crippen molar-refractivity contribution in [2.75, 3.05) is 5.73 Å². The minimum Gasteiger partial charge on any atom is -0.378 e. The van der Waals surface area contributed by atoms with Crippen LogP contribution < -0.4 is 11.2 Å². The first-order valence-electron chi connectivity index (χ1n) is 8.62. The summed E-state index contributed by atoms with van der Waals surface area (Å²) < 4.78 is 21.3. The molecule has 1 aromatic carbocycles. The van der Waals surface area contributed by atoms with Gasteiger partial charge in [-0.1, -0.05) is 35.2 Å². The Hall–Kier alpha value is -4.14. The summed E-state index contributed by atoms with van der Waals surface area (Å²) >= 11 is 1.28. The Morgan fingerprint density at radius 1 is 1.35 bits per heavy atom. The molecule has 0 radical (unpaired) electrons. The molecule has 158 valence electrons. The van der Waals surface area contributed by atoms with Crippen LogP contribution in [0.1, 0.15) is 21.7 Å². The maximum absolute atomic E-state index is 13.7. The molecule has 31 heavy (non-hydrogen) atoms. The third-order valence-corrected chi connectivity index (χ3v) is 5.00. The number of nitrogens with zero attached hydrogens (tertiary/aromatic N) is 9. The zero-order valence-corrected chi connectivity index (χ0v) is 16.7. The SMILES string of the molecule is Cn1cnnc1SCc1c(C(=O)N/N=C/c2ccccc2F)nnn1-c1nonc1N. The van der Waals surface area contributed by atoms with Crippen LogP contribution >= 0.6 is 11.8 Å². The molecule has 3 N–H and O–H groups in total. The highest BCUT2D eigenvalue weighted by molar-refractivity contribution is 7.98.